The molecule has 0 aromatic carbocycles. The number of fused-ring (bicyclic) bond motifs is 4. The minimum atomic E-state index is -0.158. The molecule has 0 spiro atoms. The van der Waals surface area contributed by atoms with Crippen LogP contribution in [0.5, 0.6) is 0 Å². The van der Waals surface area contributed by atoms with Crippen LogP contribution in [0.4, 0.5) is 5.69 Å². The number of amidine groups is 3. The summed E-state index contributed by atoms with van der Waals surface area (Å²) in [6.07, 6.45) is 9.33. The van der Waals surface area contributed by atoms with Crippen LogP contribution in [0.1, 0.15) is 26.3 Å². The number of hydrogen-bond acceptors (Lipinski definition) is 6. The van der Waals surface area contributed by atoms with Gasteiger partial charge in [-0.2, -0.15) is 5.10 Å². The molecule has 3 aliphatic rings. The lowest BCUT2D eigenvalue weighted by molar-refractivity contribution is 0.572. The minimum absolute atomic E-state index is 0.158. The van der Waals surface area contributed by atoms with Crippen molar-refractivity contribution in [3.05, 3.63) is 48.2 Å². The summed E-state index contributed by atoms with van der Waals surface area (Å²) >= 11 is 0. The van der Waals surface area contributed by atoms with Gasteiger partial charge in [-0.1, -0.05) is 26.8 Å². The van der Waals surface area contributed by atoms with Crippen molar-refractivity contribution in [2.45, 2.75) is 20.8 Å². The van der Waals surface area contributed by atoms with Gasteiger partial charge in [-0.05, 0) is 18.2 Å². The maximum atomic E-state index is 4.88. The van der Waals surface area contributed by atoms with Crippen molar-refractivity contribution in [1.29, 1.82) is 0 Å². The van der Waals surface area contributed by atoms with Crippen molar-refractivity contribution in [3.8, 4) is 0 Å². The van der Waals surface area contributed by atoms with Crippen LogP contribution in [0.2, 0.25) is 0 Å². The third-order valence-corrected chi connectivity index (χ3v) is 4.15. The fourth-order valence-corrected chi connectivity index (χ4v) is 2.97. The average molecular weight is 317 g/mol. The average Bonchev–Trinajstić information content (AvgIpc) is 3.02. The lowest BCUT2D eigenvalue weighted by Crippen LogP contribution is -2.43. The molecule has 2 aromatic heterocycles. The molecule has 7 heteroatoms. The van der Waals surface area contributed by atoms with Gasteiger partial charge in [-0.15, -0.1) is 0 Å². The van der Waals surface area contributed by atoms with E-state index in [0.29, 0.717) is 0 Å². The van der Waals surface area contributed by atoms with Crippen LogP contribution >= 0.6 is 0 Å². The van der Waals surface area contributed by atoms with E-state index >= 15 is 0 Å². The smallest absolute Gasteiger partial charge is 0.168 e. The number of aliphatic imine (C=N–C) groups is 3. The molecule has 0 amide bonds. The first-order chi connectivity index (χ1) is 11.5. The molecule has 0 radical (unpaired) electrons. The standard InChI is InChI=1S/C17H15N7/c1-17(2,3)16-21-12-6-4-5-11-20-10-7-8-23-14(18-9-19-23)13(10)15(22-16)24(11)12/h4-9H,1-3H3. The van der Waals surface area contributed by atoms with Crippen molar-refractivity contribution in [3.63, 3.8) is 0 Å². The van der Waals surface area contributed by atoms with Gasteiger partial charge in [0.05, 0.1) is 11.3 Å². The molecule has 0 atom stereocenters. The molecule has 3 aliphatic heterocycles. The number of aromatic nitrogens is 3. The van der Waals surface area contributed by atoms with Crippen molar-refractivity contribution in [2.24, 2.45) is 20.4 Å². The summed E-state index contributed by atoms with van der Waals surface area (Å²) in [5, 5.41) is 4.23. The Balaban J connectivity index is 1.87. The first-order valence-corrected chi connectivity index (χ1v) is 7.80. The number of hydrogen-bond donors (Lipinski definition) is 0. The van der Waals surface area contributed by atoms with Gasteiger partial charge in [-0.3, -0.25) is 4.90 Å². The summed E-state index contributed by atoms with van der Waals surface area (Å²) in [5.74, 6) is 3.26. The number of pyridine rings is 1. The summed E-state index contributed by atoms with van der Waals surface area (Å²) in [7, 11) is 0. The Bertz CT molecular complexity index is 1040. The predicted molar refractivity (Wildman–Crippen MR) is 92.6 cm³/mol. The Hall–Kier alpha value is -3.09. The van der Waals surface area contributed by atoms with Crippen molar-refractivity contribution in [1.82, 2.24) is 19.5 Å². The molecule has 0 bridgehead atoms. The zero-order valence-corrected chi connectivity index (χ0v) is 13.6. The maximum Gasteiger partial charge on any atom is 0.168 e. The molecule has 5 rings (SSSR count). The molecule has 0 fully saturated rings. The van der Waals surface area contributed by atoms with Gasteiger partial charge in [0.1, 0.15) is 23.8 Å². The van der Waals surface area contributed by atoms with Crippen LogP contribution in [0.25, 0.3) is 5.65 Å². The van der Waals surface area contributed by atoms with E-state index in [0.717, 1.165) is 40.2 Å². The maximum absolute atomic E-state index is 4.88. The molecular weight excluding hydrogens is 302 g/mol. The SMILES string of the molecule is CC(C)(C)C1=NC2=CC=CC3=Nc4ccn5ncnc5c4C(=N1)N23. The highest BCUT2D eigenvalue weighted by atomic mass is 15.4. The molecular formula is C17H15N7. The molecule has 2 aromatic rings. The van der Waals surface area contributed by atoms with Crippen LogP contribution in [0.15, 0.2) is 57.6 Å². The zero-order chi connectivity index (χ0) is 16.5. The molecule has 0 unspecified atom stereocenters. The van der Waals surface area contributed by atoms with Crippen molar-refractivity contribution < 1.29 is 0 Å². The summed E-state index contributed by atoms with van der Waals surface area (Å²) in [6.45, 7) is 6.34. The fraction of sp³-hybridized carbons (Fsp3) is 0.235. The van der Waals surface area contributed by atoms with Crippen molar-refractivity contribution in [2.75, 3.05) is 0 Å². The third-order valence-electron chi connectivity index (χ3n) is 4.15. The monoisotopic (exact) mass is 317 g/mol. The highest BCUT2D eigenvalue weighted by molar-refractivity contribution is 6.25. The van der Waals surface area contributed by atoms with Gasteiger partial charge in [-0.25, -0.2) is 24.5 Å². The number of nitrogens with zero attached hydrogens (tertiary/aromatic N) is 7. The number of rotatable bonds is 0. The highest BCUT2D eigenvalue weighted by Gasteiger charge is 2.36. The third kappa shape index (κ3) is 1.69. The lowest BCUT2D eigenvalue weighted by Gasteiger charge is -2.36. The first kappa shape index (κ1) is 13.4. The van der Waals surface area contributed by atoms with E-state index in [2.05, 4.69) is 30.9 Å². The highest BCUT2D eigenvalue weighted by Crippen LogP contribution is 2.36. The molecule has 0 N–H and O–H groups in total. The van der Waals surface area contributed by atoms with Crippen LogP contribution in [-0.2, 0) is 0 Å². The summed E-state index contributed by atoms with van der Waals surface area (Å²) in [5.41, 5.74) is 2.32. The van der Waals surface area contributed by atoms with Gasteiger partial charge in [0, 0.05) is 11.6 Å². The quantitative estimate of drug-likeness (QED) is 0.750. The molecule has 0 saturated carbocycles. The Morgan fingerprint density at radius 3 is 2.79 bits per heavy atom. The minimum Gasteiger partial charge on any atom is -0.262 e. The van der Waals surface area contributed by atoms with Gasteiger partial charge >= 0.3 is 0 Å². The van der Waals surface area contributed by atoms with E-state index in [1.807, 2.05) is 35.4 Å². The summed E-state index contributed by atoms with van der Waals surface area (Å²) < 4.78 is 1.74. The molecule has 7 nitrogen and oxygen atoms in total. The summed E-state index contributed by atoms with van der Waals surface area (Å²) in [4.78, 5) is 20.8. The topological polar surface area (TPSA) is 70.5 Å². The van der Waals surface area contributed by atoms with E-state index < -0.39 is 0 Å². The Labute approximate surface area is 138 Å². The largest absolute Gasteiger partial charge is 0.262 e. The predicted octanol–water partition coefficient (Wildman–Crippen LogP) is 2.69. The Morgan fingerprint density at radius 2 is 1.96 bits per heavy atom. The van der Waals surface area contributed by atoms with Crippen molar-refractivity contribution >= 4 is 28.8 Å². The first-order valence-electron chi connectivity index (χ1n) is 7.80. The zero-order valence-electron chi connectivity index (χ0n) is 13.6. The second kappa shape index (κ2) is 4.25. The Kier molecular flexibility index (Phi) is 2.37. The molecule has 118 valence electrons. The lowest BCUT2D eigenvalue weighted by atomic mass is 9.94. The Morgan fingerprint density at radius 1 is 1.08 bits per heavy atom. The second-order valence-corrected chi connectivity index (χ2v) is 6.91. The van der Waals surface area contributed by atoms with Gasteiger partial charge in [0.25, 0.3) is 0 Å². The fourth-order valence-electron chi connectivity index (χ4n) is 2.97. The van der Waals surface area contributed by atoms with E-state index in [1.54, 1.807) is 10.8 Å². The van der Waals surface area contributed by atoms with Gasteiger partial charge in [0.2, 0.25) is 0 Å². The second-order valence-electron chi connectivity index (χ2n) is 6.91. The van der Waals surface area contributed by atoms with E-state index in [9.17, 15) is 0 Å². The van der Waals surface area contributed by atoms with Crippen LogP contribution in [0, 0.1) is 5.41 Å². The van der Waals surface area contributed by atoms with Gasteiger partial charge < -0.3 is 0 Å². The number of allylic oxidation sites excluding steroid dienone is 2. The van der Waals surface area contributed by atoms with E-state index in [-0.39, 0.29) is 5.41 Å². The van der Waals surface area contributed by atoms with Crippen LogP contribution < -0.4 is 0 Å². The molecule has 5 heterocycles. The van der Waals surface area contributed by atoms with Gasteiger partial charge in [0.15, 0.2) is 11.5 Å². The summed E-state index contributed by atoms with van der Waals surface area (Å²) in [6, 6.07) is 1.94. The molecule has 24 heavy (non-hydrogen) atoms. The van der Waals surface area contributed by atoms with E-state index in [1.165, 1.54) is 0 Å². The van der Waals surface area contributed by atoms with E-state index in [4.69, 9.17) is 15.0 Å². The normalized spacial score (nSPS) is 18.5. The molecule has 0 saturated heterocycles. The molecule has 0 aliphatic carbocycles. The van der Waals surface area contributed by atoms with Crippen LogP contribution in [0.3, 0.4) is 0 Å². The van der Waals surface area contributed by atoms with Crippen LogP contribution in [-0.4, -0.2) is 37.0 Å².